The lowest BCUT2D eigenvalue weighted by Gasteiger charge is -2.44. The Hall–Kier alpha value is -0.120. The van der Waals surface area contributed by atoms with Crippen molar-refractivity contribution in [3.8, 4) is 0 Å². The van der Waals surface area contributed by atoms with Crippen molar-refractivity contribution >= 4 is 0 Å². The van der Waals surface area contributed by atoms with Crippen LogP contribution in [0.1, 0.15) is 47.0 Å². The summed E-state index contributed by atoms with van der Waals surface area (Å²) < 4.78 is 0. The van der Waals surface area contributed by atoms with Crippen molar-refractivity contribution < 1.29 is 0 Å². The summed E-state index contributed by atoms with van der Waals surface area (Å²) in [4.78, 5) is 5.42. The van der Waals surface area contributed by atoms with Gasteiger partial charge in [-0.3, -0.25) is 4.90 Å². The summed E-state index contributed by atoms with van der Waals surface area (Å²) in [6, 6.07) is 0.852. The molecule has 0 aromatic rings. The van der Waals surface area contributed by atoms with E-state index in [1.165, 1.54) is 52.0 Å². The van der Waals surface area contributed by atoms with Crippen molar-refractivity contribution in [1.29, 1.82) is 0 Å². The molecule has 0 radical (unpaired) electrons. The molecule has 2 heterocycles. The number of nitrogens with zero attached hydrogens (tertiary/aromatic N) is 2. The van der Waals surface area contributed by atoms with Gasteiger partial charge >= 0.3 is 0 Å². The Kier molecular flexibility index (Phi) is 5.27. The van der Waals surface area contributed by atoms with E-state index in [0.717, 1.165) is 18.5 Å². The Morgan fingerprint density at radius 2 is 1.95 bits per heavy atom. The predicted molar refractivity (Wildman–Crippen MR) is 82.6 cm³/mol. The quantitative estimate of drug-likeness (QED) is 0.842. The third-order valence-corrected chi connectivity index (χ3v) is 4.47. The summed E-state index contributed by atoms with van der Waals surface area (Å²) in [5.41, 5.74) is 0.246. The first kappa shape index (κ1) is 15.3. The first-order chi connectivity index (χ1) is 8.94. The van der Waals surface area contributed by atoms with E-state index in [9.17, 15) is 0 Å². The molecule has 0 saturated carbocycles. The highest BCUT2D eigenvalue weighted by molar-refractivity contribution is 4.85. The Balaban J connectivity index is 1.71. The molecule has 1 N–H and O–H groups in total. The molecule has 0 amide bonds. The zero-order valence-corrected chi connectivity index (χ0v) is 13.4. The summed E-state index contributed by atoms with van der Waals surface area (Å²) in [6.45, 7) is 16.7. The number of hydrogen-bond acceptors (Lipinski definition) is 3. The number of hydrogen-bond donors (Lipinski definition) is 1. The van der Waals surface area contributed by atoms with Crippen LogP contribution in [0.25, 0.3) is 0 Å². The van der Waals surface area contributed by atoms with Crippen molar-refractivity contribution in [2.24, 2.45) is 5.92 Å². The topological polar surface area (TPSA) is 18.5 Å². The van der Waals surface area contributed by atoms with E-state index in [4.69, 9.17) is 0 Å². The van der Waals surface area contributed by atoms with Gasteiger partial charge in [-0.2, -0.15) is 0 Å². The molecule has 19 heavy (non-hydrogen) atoms. The monoisotopic (exact) mass is 267 g/mol. The fourth-order valence-electron chi connectivity index (χ4n) is 3.37. The Morgan fingerprint density at radius 1 is 1.16 bits per heavy atom. The average molecular weight is 267 g/mol. The van der Waals surface area contributed by atoms with Crippen LogP contribution in [0.3, 0.4) is 0 Å². The normalized spacial score (nSPS) is 28.1. The van der Waals surface area contributed by atoms with Crippen molar-refractivity contribution in [3.05, 3.63) is 0 Å². The van der Waals surface area contributed by atoms with E-state index in [2.05, 4.69) is 42.8 Å². The summed E-state index contributed by atoms with van der Waals surface area (Å²) >= 11 is 0. The van der Waals surface area contributed by atoms with Crippen LogP contribution in [0, 0.1) is 5.92 Å². The maximum atomic E-state index is 3.63. The maximum Gasteiger partial charge on any atom is 0.0223 e. The zero-order valence-electron chi connectivity index (χ0n) is 13.4. The summed E-state index contributed by atoms with van der Waals surface area (Å²) in [5, 5.41) is 3.63. The van der Waals surface area contributed by atoms with Gasteiger partial charge in [-0.25, -0.2) is 0 Å². The lowest BCUT2D eigenvalue weighted by Crippen LogP contribution is -2.55. The van der Waals surface area contributed by atoms with E-state index in [-0.39, 0.29) is 5.54 Å². The molecule has 112 valence electrons. The average Bonchev–Trinajstić information content (AvgIpc) is 2.35. The van der Waals surface area contributed by atoms with Gasteiger partial charge in [0, 0.05) is 37.8 Å². The largest absolute Gasteiger partial charge is 0.312 e. The first-order valence-corrected chi connectivity index (χ1v) is 8.15. The van der Waals surface area contributed by atoms with Crippen LogP contribution in [0.2, 0.25) is 0 Å². The molecule has 2 aliphatic heterocycles. The third-order valence-electron chi connectivity index (χ3n) is 4.47. The number of fused-ring (bicyclic) bond motifs is 1. The van der Waals surface area contributed by atoms with Gasteiger partial charge in [0.1, 0.15) is 0 Å². The van der Waals surface area contributed by atoms with Gasteiger partial charge in [0.2, 0.25) is 0 Å². The van der Waals surface area contributed by atoms with Crippen molar-refractivity contribution in [3.63, 3.8) is 0 Å². The maximum absolute atomic E-state index is 3.63. The van der Waals surface area contributed by atoms with Crippen molar-refractivity contribution in [2.75, 3.05) is 39.3 Å². The molecule has 3 heteroatoms. The van der Waals surface area contributed by atoms with Crippen LogP contribution in [0.4, 0.5) is 0 Å². The number of piperazine rings is 1. The lowest BCUT2D eigenvalue weighted by atomic mass is 9.98. The molecule has 2 aliphatic rings. The summed E-state index contributed by atoms with van der Waals surface area (Å²) in [7, 11) is 0. The predicted octanol–water partition coefficient (Wildman–Crippen LogP) is 2.18. The molecule has 2 unspecified atom stereocenters. The molecule has 0 aliphatic carbocycles. The van der Waals surface area contributed by atoms with Crippen LogP contribution < -0.4 is 5.32 Å². The molecular weight excluding hydrogens is 234 g/mol. The molecule has 0 aromatic heterocycles. The number of rotatable bonds is 4. The molecule has 2 atom stereocenters. The minimum absolute atomic E-state index is 0.246. The standard InChI is InChI=1S/C16H33N3/c1-14(11-17-16(2,3)4)12-18-9-10-19-8-6-5-7-15(19)13-18/h14-15,17H,5-13H2,1-4H3. The van der Waals surface area contributed by atoms with Crippen LogP contribution in [0.15, 0.2) is 0 Å². The van der Waals surface area contributed by atoms with Gasteiger partial charge in [0.15, 0.2) is 0 Å². The second kappa shape index (κ2) is 6.55. The number of nitrogens with one attached hydrogen (secondary N) is 1. The van der Waals surface area contributed by atoms with Crippen LogP contribution >= 0.6 is 0 Å². The van der Waals surface area contributed by atoms with Gasteiger partial charge < -0.3 is 10.2 Å². The molecular formula is C16H33N3. The van der Waals surface area contributed by atoms with E-state index in [0.29, 0.717) is 0 Å². The van der Waals surface area contributed by atoms with Gasteiger partial charge in [0.05, 0.1) is 0 Å². The second-order valence-electron chi connectivity index (χ2n) is 7.68. The van der Waals surface area contributed by atoms with E-state index < -0.39 is 0 Å². The molecule has 2 fully saturated rings. The van der Waals surface area contributed by atoms with Gasteiger partial charge in [-0.15, -0.1) is 0 Å². The van der Waals surface area contributed by atoms with Crippen LogP contribution in [0.5, 0.6) is 0 Å². The van der Waals surface area contributed by atoms with E-state index in [1.807, 2.05) is 0 Å². The van der Waals surface area contributed by atoms with Crippen molar-refractivity contribution in [1.82, 2.24) is 15.1 Å². The second-order valence-corrected chi connectivity index (χ2v) is 7.68. The Morgan fingerprint density at radius 3 is 2.68 bits per heavy atom. The Bertz CT molecular complexity index is 272. The van der Waals surface area contributed by atoms with Crippen LogP contribution in [-0.2, 0) is 0 Å². The molecule has 2 rings (SSSR count). The fraction of sp³-hybridized carbons (Fsp3) is 1.00. The van der Waals surface area contributed by atoms with E-state index in [1.54, 1.807) is 0 Å². The Labute approximate surface area is 119 Å². The minimum Gasteiger partial charge on any atom is -0.312 e. The van der Waals surface area contributed by atoms with Crippen molar-refractivity contribution in [2.45, 2.75) is 58.5 Å². The highest BCUT2D eigenvalue weighted by Gasteiger charge is 2.29. The molecule has 0 aromatic carbocycles. The molecule has 2 saturated heterocycles. The lowest BCUT2D eigenvalue weighted by molar-refractivity contribution is 0.0426. The molecule has 0 bridgehead atoms. The SMILES string of the molecule is CC(CNC(C)(C)C)CN1CCN2CCCCC2C1. The highest BCUT2D eigenvalue weighted by Crippen LogP contribution is 2.21. The van der Waals surface area contributed by atoms with Crippen LogP contribution in [-0.4, -0.2) is 60.6 Å². The smallest absolute Gasteiger partial charge is 0.0223 e. The summed E-state index contributed by atoms with van der Waals surface area (Å²) in [5.74, 6) is 0.745. The highest BCUT2D eigenvalue weighted by atomic mass is 15.3. The summed E-state index contributed by atoms with van der Waals surface area (Å²) in [6.07, 6.45) is 4.28. The van der Waals surface area contributed by atoms with Gasteiger partial charge in [0.25, 0.3) is 0 Å². The zero-order chi connectivity index (χ0) is 13.9. The molecule has 3 nitrogen and oxygen atoms in total. The fourth-order valence-corrected chi connectivity index (χ4v) is 3.37. The van der Waals surface area contributed by atoms with Gasteiger partial charge in [-0.05, 0) is 52.6 Å². The first-order valence-electron chi connectivity index (χ1n) is 8.15. The minimum atomic E-state index is 0.246. The third kappa shape index (κ3) is 5.05. The van der Waals surface area contributed by atoms with E-state index >= 15 is 0 Å². The van der Waals surface area contributed by atoms with Gasteiger partial charge in [-0.1, -0.05) is 13.3 Å². The number of piperidine rings is 1. The molecule has 0 spiro atoms.